The molecule has 1 atom stereocenters. The fraction of sp³-hybridized carbons (Fsp3) is 0.206. The molecule has 1 aromatic heterocycles. The molecule has 0 radical (unpaired) electrons. The highest BCUT2D eigenvalue weighted by Crippen LogP contribution is 2.30. The number of carbonyl (C=O) groups is 3. The number of thiophene rings is 1. The summed E-state index contributed by atoms with van der Waals surface area (Å²) in [7, 11) is 0. The van der Waals surface area contributed by atoms with Crippen LogP contribution in [0, 0.1) is 0 Å². The smallest absolute Gasteiger partial charge is 0.334 e. The van der Waals surface area contributed by atoms with Crippen LogP contribution in [0.2, 0.25) is 0 Å². The predicted octanol–water partition coefficient (Wildman–Crippen LogP) is 6.79. The van der Waals surface area contributed by atoms with Crippen LogP contribution >= 0.6 is 11.3 Å². The largest absolute Gasteiger partial charge is 0.479 e. The first kappa shape index (κ1) is 29.8. The number of carboxylic acid groups (broad SMARTS) is 1. The van der Waals surface area contributed by atoms with Crippen molar-refractivity contribution in [2.75, 3.05) is 16.8 Å². The predicted molar refractivity (Wildman–Crippen MR) is 170 cm³/mol. The van der Waals surface area contributed by atoms with E-state index in [0.29, 0.717) is 11.3 Å². The number of urea groups is 1. The molecule has 0 bridgehead atoms. The average Bonchev–Trinajstić information content (AvgIpc) is 3.59. The van der Waals surface area contributed by atoms with E-state index in [1.165, 1.54) is 18.4 Å². The Labute approximate surface area is 254 Å². The second kappa shape index (κ2) is 14.0. The standard InChI is InChI=1S/C34H33N3O5S/c38-31(33(40)41)20-35-32(39)26-11-9-23(10-12-26)21-37(30-15-13-25(14-16-30)24-5-2-1-3-6-24)34(42)36-29-8-4-7-27(19-29)28-17-18-43-22-28/h4-5,7-19,22,31,38H,1-3,6,20-21H2,(H,35,39)(H,36,42)(H,40,41)/t31-/m1/s1. The number of aliphatic hydroxyl groups excluding tert-OH is 1. The minimum Gasteiger partial charge on any atom is -0.479 e. The molecule has 0 fully saturated rings. The number of aliphatic carboxylic acids is 1. The van der Waals surface area contributed by atoms with Gasteiger partial charge in [-0.15, -0.1) is 0 Å². The van der Waals surface area contributed by atoms with Gasteiger partial charge in [0.2, 0.25) is 0 Å². The van der Waals surface area contributed by atoms with E-state index >= 15 is 0 Å². The zero-order chi connectivity index (χ0) is 30.2. The van der Waals surface area contributed by atoms with Crippen LogP contribution in [0.3, 0.4) is 0 Å². The SMILES string of the molecule is O=C(NC[C@@H](O)C(=O)O)c1ccc(CN(C(=O)Nc2cccc(-c3ccsc3)c2)c2ccc(C3=CCCCC3)cc2)cc1. The van der Waals surface area contributed by atoms with Gasteiger partial charge >= 0.3 is 12.0 Å². The van der Waals surface area contributed by atoms with Crippen LogP contribution < -0.4 is 15.5 Å². The van der Waals surface area contributed by atoms with E-state index in [1.807, 2.05) is 47.8 Å². The number of carbonyl (C=O) groups excluding carboxylic acids is 2. The van der Waals surface area contributed by atoms with Crippen molar-refractivity contribution in [3.05, 3.63) is 112 Å². The van der Waals surface area contributed by atoms with Gasteiger partial charge in [-0.05, 0) is 107 Å². The third kappa shape index (κ3) is 7.77. The molecule has 3 amide bonds. The highest BCUT2D eigenvalue weighted by atomic mass is 32.1. The van der Waals surface area contributed by atoms with Crippen LogP contribution in [0.25, 0.3) is 16.7 Å². The molecular formula is C34H33N3O5S. The number of anilines is 2. The normalized spacial score (nSPS) is 13.5. The molecule has 8 nitrogen and oxygen atoms in total. The quantitative estimate of drug-likeness (QED) is 0.161. The van der Waals surface area contributed by atoms with E-state index in [9.17, 15) is 19.5 Å². The van der Waals surface area contributed by atoms with Crippen molar-refractivity contribution in [1.82, 2.24) is 5.32 Å². The molecule has 0 aliphatic heterocycles. The molecule has 4 aromatic rings. The van der Waals surface area contributed by atoms with E-state index in [2.05, 4.69) is 34.2 Å². The summed E-state index contributed by atoms with van der Waals surface area (Å²) in [5.41, 5.74) is 7.12. The maximum Gasteiger partial charge on any atom is 0.334 e. The monoisotopic (exact) mass is 595 g/mol. The van der Waals surface area contributed by atoms with E-state index in [-0.39, 0.29) is 12.6 Å². The lowest BCUT2D eigenvalue weighted by Crippen LogP contribution is -2.36. The number of benzene rings is 3. The lowest BCUT2D eigenvalue weighted by atomic mass is 9.93. The van der Waals surface area contributed by atoms with Crippen molar-refractivity contribution in [1.29, 1.82) is 0 Å². The van der Waals surface area contributed by atoms with Crippen molar-refractivity contribution in [3.63, 3.8) is 0 Å². The molecule has 3 aromatic carbocycles. The third-order valence-electron chi connectivity index (χ3n) is 7.35. The van der Waals surface area contributed by atoms with Crippen LogP contribution in [0.1, 0.15) is 47.2 Å². The summed E-state index contributed by atoms with van der Waals surface area (Å²) in [4.78, 5) is 38.6. The number of nitrogens with zero attached hydrogens (tertiary/aromatic N) is 1. The molecule has 9 heteroatoms. The van der Waals surface area contributed by atoms with Crippen LogP contribution in [0.4, 0.5) is 16.2 Å². The van der Waals surface area contributed by atoms with Crippen LogP contribution in [-0.2, 0) is 11.3 Å². The molecule has 0 unspecified atom stereocenters. The van der Waals surface area contributed by atoms with Crippen molar-refractivity contribution in [2.45, 2.75) is 38.3 Å². The number of amides is 3. The van der Waals surface area contributed by atoms with Crippen LogP contribution in [-0.4, -0.2) is 40.8 Å². The average molecular weight is 596 g/mol. The first-order chi connectivity index (χ1) is 20.9. The molecule has 43 heavy (non-hydrogen) atoms. The highest BCUT2D eigenvalue weighted by Gasteiger charge is 2.19. The second-order valence-electron chi connectivity index (χ2n) is 10.4. The highest BCUT2D eigenvalue weighted by molar-refractivity contribution is 7.08. The molecule has 0 saturated carbocycles. The number of carboxylic acids is 1. The molecule has 0 spiro atoms. The fourth-order valence-corrected chi connectivity index (χ4v) is 5.62. The molecule has 4 N–H and O–H groups in total. The zero-order valence-corrected chi connectivity index (χ0v) is 24.3. The van der Waals surface area contributed by atoms with Gasteiger partial charge in [0.25, 0.3) is 5.91 Å². The number of nitrogens with one attached hydrogen (secondary N) is 2. The third-order valence-corrected chi connectivity index (χ3v) is 8.04. The minimum atomic E-state index is -1.68. The van der Waals surface area contributed by atoms with Gasteiger partial charge < -0.3 is 20.8 Å². The number of allylic oxidation sites excluding steroid dienone is 2. The molecule has 1 heterocycles. The number of aliphatic hydroxyl groups is 1. The van der Waals surface area contributed by atoms with Gasteiger partial charge in [-0.25, -0.2) is 9.59 Å². The van der Waals surface area contributed by atoms with Crippen LogP contribution in [0.5, 0.6) is 0 Å². The number of hydrogen-bond acceptors (Lipinski definition) is 5. The Morgan fingerprint density at radius 1 is 0.907 bits per heavy atom. The molecule has 0 saturated heterocycles. The maximum absolute atomic E-state index is 13.8. The second-order valence-corrected chi connectivity index (χ2v) is 11.2. The molecular weight excluding hydrogens is 562 g/mol. The van der Waals surface area contributed by atoms with Gasteiger partial charge in [0.1, 0.15) is 0 Å². The number of rotatable bonds is 10. The Bertz CT molecular complexity index is 1600. The first-order valence-electron chi connectivity index (χ1n) is 14.2. The van der Waals surface area contributed by atoms with Crippen molar-refractivity contribution >= 4 is 46.2 Å². The van der Waals surface area contributed by atoms with Crippen LogP contribution in [0.15, 0.2) is 95.7 Å². The summed E-state index contributed by atoms with van der Waals surface area (Å²) in [6.07, 6.45) is 5.16. The maximum atomic E-state index is 13.8. The Morgan fingerprint density at radius 2 is 1.70 bits per heavy atom. The van der Waals surface area contributed by atoms with E-state index in [0.717, 1.165) is 40.8 Å². The molecule has 1 aliphatic carbocycles. The summed E-state index contributed by atoms with van der Waals surface area (Å²) in [5, 5.41) is 27.8. The summed E-state index contributed by atoms with van der Waals surface area (Å²) in [6.45, 7) is -0.151. The topological polar surface area (TPSA) is 119 Å². The van der Waals surface area contributed by atoms with E-state index < -0.39 is 24.5 Å². The molecule has 5 rings (SSSR count). The van der Waals surface area contributed by atoms with Gasteiger partial charge in [0.05, 0.1) is 13.1 Å². The van der Waals surface area contributed by atoms with E-state index in [4.69, 9.17) is 5.11 Å². The Balaban J connectivity index is 1.35. The fourth-order valence-electron chi connectivity index (χ4n) is 4.96. The molecule has 1 aliphatic rings. The number of hydrogen-bond donors (Lipinski definition) is 4. The van der Waals surface area contributed by atoms with Gasteiger partial charge in [0.15, 0.2) is 6.10 Å². The van der Waals surface area contributed by atoms with Gasteiger partial charge in [-0.3, -0.25) is 9.69 Å². The van der Waals surface area contributed by atoms with Crippen molar-refractivity contribution in [3.8, 4) is 11.1 Å². The molecule has 220 valence electrons. The summed E-state index contributed by atoms with van der Waals surface area (Å²) < 4.78 is 0. The van der Waals surface area contributed by atoms with Gasteiger partial charge in [-0.1, -0.05) is 42.5 Å². The summed E-state index contributed by atoms with van der Waals surface area (Å²) in [5.74, 6) is -1.91. The summed E-state index contributed by atoms with van der Waals surface area (Å²) >= 11 is 1.62. The van der Waals surface area contributed by atoms with Gasteiger partial charge in [0, 0.05) is 16.9 Å². The first-order valence-corrected chi connectivity index (χ1v) is 15.1. The van der Waals surface area contributed by atoms with E-state index in [1.54, 1.807) is 40.5 Å². The Kier molecular flexibility index (Phi) is 9.66. The van der Waals surface area contributed by atoms with Gasteiger partial charge in [-0.2, -0.15) is 11.3 Å². The lowest BCUT2D eigenvalue weighted by Gasteiger charge is -2.24. The van der Waals surface area contributed by atoms with Crippen molar-refractivity contribution < 1.29 is 24.6 Å². The minimum absolute atomic E-state index is 0.248. The summed E-state index contributed by atoms with van der Waals surface area (Å²) in [6, 6.07) is 24.2. The zero-order valence-electron chi connectivity index (χ0n) is 23.5. The van der Waals surface area contributed by atoms with Crippen molar-refractivity contribution in [2.24, 2.45) is 0 Å². The lowest BCUT2D eigenvalue weighted by molar-refractivity contribution is -0.146. The Morgan fingerprint density at radius 3 is 2.37 bits per heavy atom. The Hall–Kier alpha value is -4.73.